The number of carbonyl (C=O) groups excluding carboxylic acids is 2. The standard InChI is InChI=1S/C47H84NO8P/c1-5-7-9-11-13-15-17-19-21-22-23-24-26-27-29-31-33-35-37-39-46(49)53-43-45(44-55-57(51,52)54-42-41-48(3)4)56-47(50)40-38-36-34-32-30-28-25-20-18-16-14-12-10-8-6-2/h13,15,19,21,23-24,27,29,33,35,45H,5-12,14,16-18,20,22,25-26,28,30-32,34,36-44H2,1-4H3,(H,51,52)/b15-13-,21-19-,24-23-,29-27-,35-33-. The second-order valence-electron chi connectivity index (χ2n) is 15.2. The van der Waals surface area contributed by atoms with E-state index in [0.29, 0.717) is 19.4 Å². The summed E-state index contributed by atoms with van der Waals surface area (Å²) in [7, 11) is -0.743. The molecule has 0 aromatic heterocycles. The summed E-state index contributed by atoms with van der Waals surface area (Å²) < 4.78 is 33.4. The van der Waals surface area contributed by atoms with Gasteiger partial charge in [-0.2, -0.15) is 0 Å². The Bertz CT molecular complexity index is 1130. The number of phosphoric ester groups is 1. The number of ether oxygens (including phenoxy) is 2. The monoisotopic (exact) mass is 822 g/mol. The number of esters is 2. The minimum absolute atomic E-state index is 0.00462. The van der Waals surface area contributed by atoms with Gasteiger partial charge in [-0.05, 0) is 65.5 Å². The molecule has 0 rings (SSSR count). The molecular weight excluding hydrogens is 737 g/mol. The lowest BCUT2D eigenvalue weighted by Gasteiger charge is -2.20. The smallest absolute Gasteiger partial charge is 0.462 e. The fourth-order valence-electron chi connectivity index (χ4n) is 5.85. The molecule has 0 heterocycles. The van der Waals surface area contributed by atoms with Crippen molar-refractivity contribution >= 4 is 19.8 Å². The number of hydrogen-bond acceptors (Lipinski definition) is 8. The molecule has 0 aliphatic heterocycles. The molecule has 10 heteroatoms. The number of rotatable bonds is 41. The fraction of sp³-hybridized carbons (Fsp3) is 0.745. The summed E-state index contributed by atoms with van der Waals surface area (Å²) in [6.45, 7) is 4.21. The normalized spacial score (nSPS) is 13.9. The van der Waals surface area contributed by atoms with Crippen LogP contribution in [0.3, 0.4) is 0 Å². The molecule has 9 nitrogen and oxygen atoms in total. The topological polar surface area (TPSA) is 112 Å². The van der Waals surface area contributed by atoms with E-state index in [-0.39, 0.29) is 26.1 Å². The third-order valence-corrected chi connectivity index (χ3v) is 10.3. The molecule has 0 amide bonds. The third-order valence-electron chi connectivity index (χ3n) is 9.34. The van der Waals surface area contributed by atoms with Gasteiger partial charge in [0.05, 0.1) is 13.2 Å². The molecule has 0 aliphatic rings. The van der Waals surface area contributed by atoms with E-state index in [1.54, 1.807) is 0 Å². The van der Waals surface area contributed by atoms with Crippen LogP contribution in [0.5, 0.6) is 0 Å². The predicted octanol–water partition coefficient (Wildman–Crippen LogP) is 13.1. The molecule has 330 valence electrons. The molecular formula is C47H84NO8P. The molecule has 0 aromatic carbocycles. The second-order valence-corrected chi connectivity index (χ2v) is 16.7. The Morgan fingerprint density at radius 1 is 0.544 bits per heavy atom. The van der Waals surface area contributed by atoms with Gasteiger partial charge < -0.3 is 19.3 Å². The Balaban J connectivity index is 4.39. The van der Waals surface area contributed by atoms with Crippen LogP contribution in [0.1, 0.15) is 181 Å². The minimum Gasteiger partial charge on any atom is -0.462 e. The zero-order chi connectivity index (χ0) is 41.9. The lowest BCUT2D eigenvalue weighted by Crippen LogP contribution is -2.29. The largest absolute Gasteiger partial charge is 0.472 e. The van der Waals surface area contributed by atoms with Crippen LogP contribution in [0.4, 0.5) is 0 Å². The summed E-state index contributed by atoms with van der Waals surface area (Å²) in [5.74, 6) is -0.898. The molecule has 0 aromatic rings. The molecule has 0 saturated heterocycles. The first-order valence-electron chi connectivity index (χ1n) is 22.6. The molecule has 2 unspecified atom stereocenters. The van der Waals surface area contributed by atoms with E-state index in [0.717, 1.165) is 44.9 Å². The third kappa shape index (κ3) is 43.1. The number of hydrogen-bond donors (Lipinski definition) is 1. The molecule has 0 aliphatic carbocycles. The highest BCUT2D eigenvalue weighted by atomic mass is 31.2. The highest BCUT2D eigenvalue weighted by molar-refractivity contribution is 7.47. The van der Waals surface area contributed by atoms with Gasteiger partial charge in [0.15, 0.2) is 6.10 Å². The Kier molecular flexibility index (Phi) is 40.2. The van der Waals surface area contributed by atoms with Gasteiger partial charge in [0.2, 0.25) is 0 Å². The van der Waals surface area contributed by atoms with Crippen LogP contribution < -0.4 is 0 Å². The average molecular weight is 822 g/mol. The van der Waals surface area contributed by atoms with Crippen LogP contribution in [0.2, 0.25) is 0 Å². The first-order valence-corrected chi connectivity index (χ1v) is 24.1. The van der Waals surface area contributed by atoms with Crippen LogP contribution in [-0.4, -0.2) is 68.3 Å². The van der Waals surface area contributed by atoms with Crippen LogP contribution >= 0.6 is 7.82 Å². The summed E-state index contributed by atoms with van der Waals surface area (Å²) in [4.78, 5) is 37.0. The highest BCUT2D eigenvalue weighted by Crippen LogP contribution is 2.43. The van der Waals surface area contributed by atoms with Crippen molar-refractivity contribution < 1.29 is 37.6 Å². The summed E-state index contributed by atoms with van der Waals surface area (Å²) in [5, 5.41) is 0. The van der Waals surface area contributed by atoms with E-state index in [4.69, 9.17) is 18.5 Å². The molecule has 2 atom stereocenters. The van der Waals surface area contributed by atoms with Gasteiger partial charge in [0, 0.05) is 19.4 Å². The lowest BCUT2D eigenvalue weighted by molar-refractivity contribution is -0.161. The Morgan fingerprint density at radius 2 is 0.982 bits per heavy atom. The van der Waals surface area contributed by atoms with Crippen molar-refractivity contribution in [3.05, 3.63) is 60.8 Å². The van der Waals surface area contributed by atoms with Crippen molar-refractivity contribution in [3.8, 4) is 0 Å². The number of unbranched alkanes of at least 4 members (excludes halogenated alkanes) is 17. The van der Waals surface area contributed by atoms with Gasteiger partial charge in [-0.25, -0.2) is 4.57 Å². The van der Waals surface area contributed by atoms with Gasteiger partial charge in [0.25, 0.3) is 0 Å². The lowest BCUT2D eigenvalue weighted by atomic mass is 10.0. The van der Waals surface area contributed by atoms with E-state index >= 15 is 0 Å². The maximum atomic E-state index is 12.7. The molecule has 1 N–H and O–H groups in total. The van der Waals surface area contributed by atoms with Gasteiger partial charge in [-0.3, -0.25) is 18.6 Å². The summed E-state index contributed by atoms with van der Waals surface area (Å²) in [6, 6.07) is 0. The number of carbonyl (C=O) groups is 2. The fourth-order valence-corrected chi connectivity index (χ4v) is 6.59. The molecule has 57 heavy (non-hydrogen) atoms. The maximum Gasteiger partial charge on any atom is 0.472 e. The van der Waals surface area contributed by atoms with Gasteiger partial charge in [-0.15, -0.1) is 0 Å². The van der Waals surface area contributed by atoms with E-state index < -0.39 is 32.5 Å². The predicted molar refractivity (Wildman–Crippen MR) is 238 cm³/mol. The van der Waals surface area contributed by atoms with Crippen molar-refractivity contribution in [3.63, 3.8) is 0 Å². The Hall–Kier alpha value is -2.29. The Labute approximate surface area is 349 Å². The molecule has 0 bridgehead atoms. The molecule has 0 saturated carbocycles. The number of likely N-dealkylation sites (N-methyl/N-ethyl adjacent to an activating group) is 1. The zero-order valence-electron chi connectivity index (χ0n) is 36.8. The SMILES string of the molecule is CCCCC/C=C\C/C=C\C/C=C\C/C=C\C/C=C\CCC(=O)OCC(COP(=O)(O)OCCN(C)C)OC(=O)CCCCCCCCCCCCCCCCC. The quantitative estimate of drug-likeness (QED) is 0.0279. The minimum atomic E-state index is -4.38. The van der Waals surface area contributed by atoms with E-state index in [1.165, 1.54) is 96.3 Å². The van der Waals surface area contributed by atoms with E-state index in [1.807, 2.05) is 31.1 Å². The summed E-state index contributed by atoms with van der Waals surface area (Å²) >= 11 is 0. The Morgan fingerprint density at radius 3 is 1.47 bits per heavy atom. The first kappa shape index (κ1) is 54.7. The second kappa shape index (κ2) is 41.9. The van der Waals surface area contributed by atoms with Crippen LogP contribution in [0.25, 0.3) is 0 Å². The number of nitrogens with zero attached hydrogens (tertiary/aromatic N) is 1. The molecule has 0 radical (unpaired) electrons. The van der Waals surface area contributed by atoms with Gasteiger partial charge >= 0.3 is 19.8 Å². The number of phosphoric acid groups is 1. The summed E-state index contributed by atoms with van der Waals surface area (Å²) in [5.41, 5.74) is 0. The van der Waals surface area contributed by atoms with Crippen molar-refractivity contribution in [2.75, 3.05) is 40.5 Å². The van der Waals surface area contributed by atoms with Crippen LogP contribution in [-0.2, 0) is 32.7 Å². The average Bonchev–Trinajstić information content (AvgIpc) is 3.18. The number of allylic oxidation sites excluding steroid dienone is 10. The zero-order valence-corrected chi connectivity index (χ0v) is 37.7. The van der Waals surface area contributed by atoms with E-state index in [2.05, 4.69) is 62.5 Å². The van der Waals surface area contributed by atoms with Crippen LogP contribution in [0.15, 0.2) is 60.8 Å². The van der Waals surface area contributed by atoms with Gasteiger partial charge in [-0.1, -0.05) is 177 Å². The maximum absolute atomic E-state index is 12.7. The first-order chi connectivity index (χ1) is 27.7. The molecule has 0 fully saturated rings. The van der Waals surface area contributed by atoms with Gasteiger partial charge in [0.1, 0.15) is 6.61 Å². The van der Waals surface area contributed by atoms with Crippen molar-refractivity contribution in [1.82, 2.24) is 4.90 Å². The summed E-state index contributed by atoms with van der Waals surface area (Å²) in [6.07, 6.45) is 48.5. The van der Waals surface area contributed by atoms with Crippen LogP contribution in [0, 0.1) is 0 Å². The van der Waals surface area contributed by atoms with Crippen molar-refractivity contribution in [2.45, 2.75) is 187 Å². The van der Waals surface area contributed by atoms with E-state index in [9.17, 15) is 19.0 Å². The highest BCUT2D eigenvalue weighted by Gasteiger charge is 2.26. The van der Waals surface area contributed by atoms with Crippen molar-refractivity contribution in [2.24, 2.45) is 0 Å². The van der Waals surface area contributed by atoms with Crippen molar-refractivity contribution in [1.29, 1.82) is 0 Å². The molecule has 0 spiro atoms.